The van der Waals surface area contributed by atoms with Gasteiger partial charge in [-0.25, -0.2) is 0 Å². The van der Waals surface area contributed by atoms with E-state index in [1.54, 1.807) is 4.90 Å². The van der Waals surface area contributed by atoms with Crippen LogP contribution in [0.25, 0.3) is 0 Å². The van der Waals surface area contributed by atoms with E-state index >= 15 is 0 Å². The third-order valence-electron chi connectivity index (χ3n) is 2.98. The van der Waals surface area contributed by atoms with Gasteiger partial charge in [0, 0.05) is 19.6 Å². The molecule has 0 bridgehead atoms. The summed E-state index contributed by atoms with van der Waals surface area (Å²) in [5, 5.41) is 12.2. The van der Waals surface area contributed by atoms with Crippen molar-refractivity contribution in [3.8, 4) is 0 Å². The van der Waals surface area contributed by atoms with E-state index < -0.39 is 6.10 Å². The smallest absolute Gasteiger partial charge is 0.232 e. The fourth-order valence-corrected chi connectivity index (χ4v) is 2.60. The topological polar surface area (TPSA) is 78.9 Å². The molecule has 2 amide bonds. The third-order valence-corrected chi connectivity index (χ3v) is 3.90. The molecule has 0 aromatic carbocycles. The van der Waals surface area contributed by atoms with E-state index in [0.717, 1.165) is 6.42 Å². The fraction of sp³-hybridized carbons (Fsp3) is 0.846. The van der Waals surface area contributed by atoms with E-state index in [9.17, 15) is 14.7 Å². The number of morpholine rings is 1. The first-order valence-corrected chi connectivity index (χ1v) is 8.17. The lowest BCUT2D eigenvalue weighted by Gasteiger charge is -2.26. The number of rotatable bonds is 8. The largest absolute Gasteiger partial charge is 0.391 e. The monoisotopic (exact) mass is 304 g/mol. The van der Waals surface area contributed by atoms with Crippen LogP contribution in [-0.4, -0.2) is 72.3 Å². The molecule has 1 atom stereocenters. The van der Waals surface area contributed by atoms with Crippen LogP contribution in [0.3, 0.4) is 0 Å². The van der Waals surface area contributed by atoms with Crippen LogP contribution < -0.4 is 5.32 Å². The third kappa shape index (κ3) is 7.12. The summed E-state index contributed by atoms with van der Waals surface area (Å²) in [7, 11) is 0. The number of hydrogen-bond donors (Lipinski definition) is 2. The Labute approximate surface area is 124 Å². The minimum atomic E-state index is -0.482. The first-order chi connectivity index (χ1) is 9.63. The van der Waals surface area contributed by atoms with Crippen molar-refractivity contribution >= 4 is 23.6 Å². The van der Waals surface area contributed by atoms with Gasteiger partial charge >= 0.3 is 0 Å². The fourth-order valence-electron chi connectivity index (χ4n) is 1.85. The maximum absolute atomic E-state index is 11.8. The van der Waals surface area contributed by atoms with Crippen LogP contribution in [0.15, 0.2) is 0 Å². The maximum Gasteiger partial charge on any atom is 0.232 e. The van der Waals surface area contributed by atoms with Crippen molar-refractivity contribution in [1.82, 2.24) is 10.2 Å². The van der Waals surface area contributed by atoms with Gasteiger partial charge in [-0.15, -0.1) is 11.8 Å². The van der Waals surface area contributed by atoms with Crippen molar-refractivity contribution in [2.75, 3.05) is 44.4 Å². The maximum atomic E-state index is 11.8. The molecule has 0 aliphatic carbocycles. The van der Waals surface area contributed by atoms with E-state index in [1.165, 1.54) is 11.8 Å². The molecule has 0 saturated carbocycles. The first kappa shape index (κ1) is 17.3. The van der Waals surface area contributed by atoms with Gasteiger partial charge in [-0.05, 0) is 6.42 Å². The molecule has 20 heavy (non-hydrogen) atoms. The standard InChI is InChI=1S/C13H24N2O4S/c1-2-3-11(16)8-14-12(17)9-20-10-13(18)15-4-6-19-7-5-15/h11,16H,2-10H2,1H3,(H,14,17). The molecule has 6 nitrogen and oxygen atoms in total. The molecule has 0 spiro atoms. The normalized spacial score (nSPS) is 16.8. The Bertz CT molecular complexity index is 309. The lowest BCUT2D eigenvalue weighted by Crippen LogP contribution is -2.41. The van der Waals surface area contributed by atoms with E-state index in [1.807, 2.05) is 6.92 Å². The van der Waals surface area contributed by atoms with Crippen LogP contribution >= 0.6 is 11.8 Å². The number of nitrogens with zero attached hydrogens (tertiary/aromatic N) is 1. The molecule has 7 heteroatoms. The number of carbonyl (C=O) groups excluding carboxylic acids is 2. The van der Waals surface area contributed by atoms with Crippen LogP contribution in [0, 0.1) is 0 Å². The van der Waals surface area contributed by atoms with E-state index in [0.29, 0.717) is 38.5 Å². The quantitative estimate of drug-likeness (QED) is 0.652. The average Bonchev–Trinajstić information content (AvgIpc) is 2.46. The Kier molecular flexibility index (Phi) is 8.64. The molecule has 1 aliphatic rings. The molecule has 1 rings (SSSR count). The van der Waals surface area contributed by atoms with Crippen LogP contribution in [0.2, 0.25) is 0 Å². The van der Waals surface area contributed by atoms with Crippen molar-refractivity contribution in [3.05, 3.63) is 0 Å². The number of aliphatic hydroxyl groups excluding tert-OH is 1. The molecule has 0 radical (unpaired) electrons. The molecule has 116 valence electrons. The van der Waals surface area contributed by atoms with Gasteiger partial charge in [0.15, 0.2) is 0 Å². The van der Waals surface area contributed by atoms with Gasteiger partial charge in [-0.1, -0.05) is 13.3 Å². The Balaban J connectivity index is 2.07. The van der Waals surface area contributed by atoms with Gasteiger partial charge < -0.3 is 20.1 Å². The van der Waals surface area contributed by atoms with E-state index in [-0.39, 0.29) is 24.1 Å². The summed E-state index contributed by atoms with van der Waals surface area (Å²) in [6.45, 7) is 4.71. The van der Waals surface area contributed by atoms with Crippen LogP contribution in [-0.2, 0) is 14.3 Å². The van der Waals surface area contributed by atoms with Gasteiger partial charge in [-0.3, -0.25) is 9.59 Å². The SMILES string of the molecule is CCCC(O)CNC(=O)CSCC(=O)N1CCOCC1. The molecule has 1 fully saturated rings. The zero-order chi connectivity index (χ0) is 14.8. The van der Waals surface area contributed by atoms with Crippen molar-refractivity contribution in [1.29, 1.82) is 0 Å². The second kappa shape index (κ2) is 10.0. The minimum absolute atomic E-state index is 0.0529. The lowest BCUT2D eigenvalue weighted by molar-refractivity contribution is -0.132. The van der Waals surface area contributed by atoms with Gasteiger partial charge in [-0.2, -0.15) is 0 Å². The van der Waals surface area contributed by atoms with E-state index in [4.69, 9.17) is 4.74 Å². The summed E-state index contributed by atoms with van der Waals surface area (Å²) < 4.78 is 5.18. The number of aliphatic hydroxyl groups is 1. The Hall–Kier alpha value is -0.790. The predicted octanol–water partition coefficient (Wildman–Crippen LogP) is -0.144. The number of carbonyl (C=O) groups is 2. The molecule has 1 aliphatic heterocycles. The lowest BCUT2D eigenvalue weighted by atomic mass is 10.2. The van der Waals surface area contributed by atoms with E-state index in [2.05, 4.69) is 5.32 Å². The van der Waals surface area contributed by atoms with Crippen LogP contribution in [0.1, 0.15) is 19.8 Å². The highest BCUT2D eigenvalue weighted by Gasteiger charge is 2.17. The zero-order valence-corrected chi connectivity index (χ0v) is 12.8. The van der Waals surface area contributed by atoms with Gasteiger partial charge in [0.25, 0.3) is 0 Å². The number of nitrogens with one attached hydrogen (secondary N) is 1. The van der Waals surface area contributed by atoms with Crippen LogP contribution in [0.4, 0.5) is 0 Å². The summed E-state index contributed by atoms with van der Waals surface area (Å²) >= 11 is 1.30. The zero-order valence-electron chi connectivity index (χ0n) is 12.0. The number of amides is 2. The van der Waals surface area contributed by atoms with Gasteiger partial charge in [0.05, 0.1) is 30.8 Å². The Morgan fingerprint density at radius 1 is 1.35 bits per heavy atom. The summed E-state index contributed by atoms with van der Waals surface area (Å²) in [5.74, 6) is 0.469. The molecule has 1 saturated heterocycles. The number of thioether (sulfide) groups is 1. The summed E-state index contributed by atoms with van der Waals surface area (Å²) in [4.78, 5) is 25.1. The molecule has 2 N–H and O–H groups in total. The molecule has 1 unspecified atom stereocenters. The van der Waals surface area contributed by atoms with Crippen molar-refractivity contribution in [2.45, 2.75) is 25.9 Å². The summed E-state index contributed by atoms with van der Waals surface area (Å²) in [5.41, 5.74) is 0. The van der Waals surface area contributed by atoms with Crippen molar-refractivity contribution < 1.29 is 19.4 Å². The minimum Gasteiger partial charge on any atom is -0.391 e. The highest BCUT2D eigenvalue weighted by atomic mass is 32.2. The Morgan fingerprint density at radius 3 is 2.70 bits per heavy atom. The second-order valence-corrected chi connectivity index (χ2v) is 5.72. The molecular weight excluding hydrogens is 280 g/mol. The Morgan fingerprint density at radius 2 is 2.05 bits per heavy atom. The highest BCUT2D eigenvalue weighted by molar-refractivity contribution is 8.00. The van der Waals surface area contributed by atoms with Crippen LogP contribution in [0.5, 0.6) is 0 Å². The predicted molar refractivity (Wildman–Crippen MR) is 78.6 cm³/mol. The molecule has 0 aromatic rings. The van der Waals surface area contributed by atoms with Gasteiger partial charge in [0.2, 0.25) is 11.8 Å². The second-order valence-electron chi connectivity index (χ2n) is 4.73. The summed E-state index contributed by atoms with van der Waals surface area (Å²) in [6.07, 6.45) is 1.09. The van der Waals surface area contributed by atoms with Crippen molar-refractivity contribution in [3.63, 3.8) is 0 Å². The number of ether oxygens (including phenoxy) is 1. The average molecular weight is 304 g/mol. The van der Waals surface area contributed by atoms with Crippen molar-refractivity contribution in [2.24, 2.45) is 0 Å². The summed E-state index contributed by atoms with van der Waals surface area (Å²) in [6, 6.07) is 0. The highest BCUT2D eigenvalue weighted by Crippen LogP contribution is 2.05. The first-order valence-electron chi connectivity index (χ1n) is 7.01. The molecule has 0 aromatic heterocycles. The van der Waals surface area contributed by atoms with Gasteiger partial charge in [0.1, 0.15) is 0 Å². The number of hydrogen-bond acceptors (Lipinski definition) is 5. The molecular formula is C13H24N2O4S. The molecule has 1 heterocycles.